The van der Waals surface area contributed by atoms with Crippen molar-refractivity contribution in [3.05, 3.63) is 36.8 Å². The fourth-order valence-electron chi connectivity index (χ4n) is 3.39. The number of piperazine rings is 1. The summed E-state index contributed by atoms with van der Waals surface area (Å²) in [6, 6.07) is 5.76. The Labute approximate surface area is 173 Å². The minimum Gasteiger partial charge on any atom is -0.474 e. The van der Waals surface area contributed by atoms with Gasteiger partial charge in [0.2, 0.25) is 5.88 Å². The summed E-state index contributed by atoms with van der Waals surface area (Å²) in [4.78, 5) is 23.9. The molecule has 9 nitrogen and oxygen atoms in total. The lowest BCUT2D eigenvalue weighted by molar-refractivity contribution is 0.142. The lowest BCUT2D eigenvalue weighted by atomic mass is 10.1. The molecule has 0 aromatic carbocycles. The minimum absolute atomic E-state index is 0. The standard InChI is InChI=1S/C19H20N6O3.ClH/c26-19(27)24-10-8-23(9-11-24)16-5-7-25-17(22-16)15(12-21-25)14-2-1-6-20-18(14)28-13-3-4-13;/h1-2,5-7,12-13H,3-4,8-11H2,(H,26,27);1H. The van der Waals surface area contributed by atoms with Crippen LogP contribution in [0.2, 0.25) is 0 Å². The first-order valence-electron chi connectivity index (χ1n) is 9.38. The average molecular weight is 417 g/mol. The maximum absolute atomic E-state index is 11.1. The second-order valence-corrected chi connectivity index (χ2v) is 7.04. The smallest absolute Gasteiger partial charge is 0.407 e. The first-order chi connectivity index (χ1) is 13.7. The van der Waals surface area contributed by atoms with Crippen molar-refractivity contribution in [3.63, 3.8) is 0 Å². The number of ether oxygens (including phenoxy) is 1. The van der Waals surface area contributed by atoms with E-state index in [0.29, 0.717) is 32.1 Å². The van der Waals surface area contributed by atoms with E-state index in [2.05, 4.69) is 15.0 Å². The quantitative estimate of drug-likeness (QED) is 0.698. The SMILES string of the molecule is Cl.O=C(O)N1CCN(c2ccn3ncc(-c4cccnc4OC4CC4)c3n2)CC1. The summed E-state index contributed by atoms with van der Waals surface area (Å²) < 4.78 is 7.70. The molecule has 2 aliphatic rings. The van der Waals surface area contributed by atoms with E-state index in [-0.39, 0.29) is 18.5 Å². The zero-order valence-electron chi connectivity index (χ0n) is 15.6. The van der Waals surface area contributed by atoms with Crippen molar-refractivity contribution < 1.29 is 14.6 Å². The molecule has 0 radical (unpaired) electrons. The summed E-state index contributed by atoms with van der Waals surface area (Å²) >= 11 is 0. The number of hydrogen-bond donors (Lipinski definition) is 1. The highest BCUT2D eigenvalue weighted by molar-refractivity contribution is 5.85. The molecule has 3 aromatic heterocycles. The maximum atomic E-state index is 11.1. The molecule has 152 valence electrons. The number of carbonyl (C=O) groups is 1. The predicted octanol–water partition coefficient (Wildman–Crippen LogP) is 2.55. The molecule has 0 atom stereocenters. The van der Waals surface area contributed by atoms with Crippen molar-refractivity contribution in [3.8, 4) is 17.0 Å². The number of pyridine rings is 1. The Morgan fingerprint density at radius 2 is 1.93 bits per heavy atom. The number of nitrogens with zero attached hydrogens (tertiary/aromatic N) is 6. The zero-order valence-corrected chi connectivity index (χ0v) is 16.5. The number of fused-ring (bicyclic) bond motifs is 1. The Bertz CT molecular complexity index is 1030. The van der Waals surface area contributed by atoms with Gasteiger partial charge in [-0.1, -0.05) is 0 Å². The zero-order chi connectivity index (χ0) is 19.1. The normalized spacial score (nSPS) is 16.6. The van der Waals surface area contributed by atoms with Gasteiger partial charge in [0.05, 0.1) is 11.8 Å². The van der Waals surface area contributed by atoms with E-state index < -0.39 is 6.09 Å². The van der Waals surface area contributed by atoms with Gasteiger partial charge in [-0.3, -0.25) is 0 Å². The number of carboxylic acid groups (broad SMARTS) is 1. The molecule has 1 aliphatic carbocycles. The molecular formula is C19H21ClN6O3. The Hall–Kier alpha value is -3.07. The molecule has 0 spiro atoms. The Kier molecular flexibility index (Phi) is 5.14. The maximum Gasteiger partial charge on any atom is 0.407 e. The third-order valence-corrected chi connectivity index (χ3v) is 5.09. The topological polar surface area (TPSA) is 96.1 Å². The summed E-state index contributed by atoms with van der Waals surface area (Å²) in [5.74, 6) is 1.43. The van der Waals surface area contributed by atoms with Crippen LogP contribution in [0.15, 0.2) is 36.8 Å². The summed E-state index contributed by atoms with van der Waals surface area (Å²) in [5.41, 5.74) is 2.48. The number of halogens is 1. The van der Waals surface area contributed by atoms with Crippen LogP contribution >= 0.6 is 12.4 Å². The molecule has 0 unspecified atom stereocenters. The molecule has 2 fully saturated rings. The van der Waals surface area contributed by atoms with E-state index in [9.17, 15) is 4.79 Å². The van der Waals surface area contributed by atoms with E-state index in [0.717, 1.165) is 35.4 Å². The molecule has 1 saturated carbocycles. The second kappa shape index (κ2) is 7.75. The van der Waals surface area contributed by atoms with Gasteiger partial charge in [-0.25, -0.2) is 19.3 Å². The minimum atomic E-state index is -0.874. The van der Waals surface area contributed by atoms with Gasteiger partial charge in [0.15, 0.2) is 5.65 Å². The molecular weight excluding hydrogens is 396 g/mol. The molecule has 1 N–H and O–H groups in total. The van der Waals surface area contributed by atoms with Crippen LogP contribution in [0.25, 0.3) is 16.8 Å². The van der Waals surface area contributed by atoms with Gasteiger partial charge in [0.25, 0.3) is 0 Å². The van der Waals surface area contributed by atoms with Crippen LogP contribution in [-0.2, 0) is 0 Å². The molecule has 5 rings (SSSR count). The van der Waals surface area contributed by atoms with E-state index in [1.807, 2.05) is 24.4 Å². The number of amides is 1. The van der Waals surface area contributed by atoms with Gasteiger partial charge < -0.3 is 19.6 Å². The van der Waals surface area contributed by atoms with Gasteiger partial charge in [0.1, 0.15) is 11.9 Å². The van der Waals surface area contributed by atoms with Crippen molar-refractivity contribution in [2.45, 2.75) is 18.9 Å². The van der Waals surface area contributed by atoms with Crippen LogP contribution < -0.4 is 9.64 Å². The number of hydrogen-bond acceptors (Lipinski definition) is 6. The largest absolute Gasteiger partial charge is 0.474 e. The average Bonchev–Trinajstić information content (AvgIpc) is 3.44. The highest BCUT2D eigenvalue weighted by Crippen LogP contribution is 2.34. The predicted molar refractivity (Wildman–Crippen MR) is 109 cm³/mol. The number of anilines is 1. The van der Waals surface area contributed by atoms with Crippen LogP contribution in [0.1, 0.15) is 12.8 Å². The highest BCUT2D eigenvalue weighted by atomic mass is 35.5. The summed E-state index contributed by atoms with van der Waals surface area (Å²) in [7, 11) is 0. The van der Waals surface area contributed by atoms with Crippen LogP contribution in [0.5, 0.6) is 5.88 Å². The third-order valence-electron chi connectivity index (χ3n) is 5.09. The van der Waals surface area contributed by atoms with Gasteiger partial charge in [-0.2, -0.15) is 5.10 Å². The first kappa shape index (κ1) is 19.3. The summed E-state index contributed by atoms with van der Waals surface area (Å²) in [6.45, 7) is 2.16. The fourth-order valence-corrected chi connectivity index (χ4v) is 3.39. The van der Waals surface area contributed by atoms with E-state index >= 15 is 0 Å². The van der Waals surface area contributed by atoms with Gasteiger partial charge in [0, 0.05) is 44.1 Å². The molecule has 1 aliphatic heterocycles. The lowest BCUT2D eigenvalue weighted by Crippen LogP contribution is -2.48. The molecule has 4 heterocycles. The van der Waals surface area contributed by atoms with Gasteiger partial charge in [-0.15, -0.1) is 12.4 Å². The Morgan fingerprint density at radius 1 is 1.14 bits per heavy atom. The van der Waals surface area contributed by atoms with Crippen molar-refractivity contribution in [1.29, 1.82) is 0 Å². The molecule has 0 bridgehead atoms. The van der Waals surface area contributed by atoms with Crippen LogP contribution in [-0.4, -0.2) is 68.0 Å². The lowest BCUT2D eigenvalue weighted by Gasteiger charge is -2.33. The van der Waals surface area contributed by atoms with Crippen LogP contribution in [0.4, 0.5) is 10.6 Å². The fraction of sp³-hybridized carbons (Fsp3) is 0.368. The van der Waals surface area contributed by atoms with Crippen molar-refractivity contribution in [1.82, 2.24) is 24.5 Å². The summed E-state index contributed by atoms with van der Waals surface area (Å²) in [5, 5.41) is 13.5. The van der Waals surface area contributed by atoms with E-state index in [4.69, 9.17) is 14.8 Å². The Balaban J connectivity index is 0.00000205. The molecule has 29 heavy (non-hydrogen) atoms. The molecule has 10 heteroatoms. The molecule has 1 amide bonds. The van der Waals surface area contributed by atoms with Crippen molar-refractivity contribution >= 4 is 30.0 Å². The molecule has 3 aromatic rings. The van der Waals surface area contributed by atoms with E-state index in [1.54, 1.807) is 16.9 Å². The monoisotopic (exact) mass is 416 g/mol. The highest BCUT2D eigenvalue weighted by Gasteiger charge is 2.26. The van der Waals surface area contributed by atoms with Crippen LogP contribution in [0, 0.1) is 0 Å². The second-order valence-electron chi connectivity index (χ2n) is 7.04. The Morgan fingerprint density at radius 3 is 2.66 bits per heavy atom. The first-order valence-corrected chi connectivity index (χ1v) is 9.38. The third kappa shape index (κ3) is 3.77. The number of rotatable bonds is 4. The van der Waals surface area contributed by atoms with E-state index in [1.165, 1.54) is 4.90 Å². The summed E-state index contributed by atoms with van der Waals surface area (Å²) in [6.07, 6.45) is 6.90. The number of aromatic nitrogens is 4. The van der Waals surface area contributed by atoms with Crippen molar-refractivity contribution in [2.24, 2.45) is 0 Å². The molecule has 1 saturated heterocycles. The van der Waals surface area contributed by atoms with Gasteiger partial charge in [-0.05, 0) is 31.0 Å². The van der Waals surface area contributed by atoms with Gasteiger partial charge >= 0.3 is 6.09 Å². The van der Waals surface area contributed by atoms with Crippen LogP contribution in [0.3, 0.4) is 0 Å². The van der Waals surface area contributed by atoms with Crippen molar-refractivity contribution in [2.75, 3.05) is 31.1 Å².